The second-order valence-corrected chi connectivity index (χ2v) is 8.87. The summed E-state index contributed by atoms with van der Waals surface area (Å²) in [5.74, 6) is 0.741. The Hall–Kier alpha value is -3.56. The van der Waals surface area contributed by atoms with Crippen molar-refractivity contribution in [3.05, 3.63) is 71.1 Å². The lowest BCUT2D eigenvalue weighted by Gasteiger charge is -2.12. The van der Waals surface area contributed by atoms with E-state index in [2.05, 4.69) is 32.0 Å². The van der Waals surface area contributed by atoms with Gasteiger partial charge in [-0.3, -0.25) is 14.8 Å². The SMILES string of the molecule is COCCCNC(=O)c1cc(-c2csc(-c3cnccn3)n2)n(CCc2ccc(OC)cc2)c1C. The van der Waals surface area contributed by atoms with Crippen LogP contribution in [0.2, 0.25) is 0 Å². The first-order valence-corrected chi connectivity index (χ1v) is 12.3. The zero-order valence-electron chi connectivity index (χ0n) is 20.2. The van der Waals surface area contributed by atoms with Crippen LogP contribution in [0.1, 0.15) is 28.0 Å². The Labute approximate surface area is 209 Å². The van der Waals surface area contributed by atoms with Crippen molar-refractivity contribution < 1.29 is 14.3 Å². The molecule has 0 radical (unpaired) electrons. The van der Waals surface area contributed by atoms with Crippen molar-refractivity contribution in [1.29, 1.82) is 0 Å². The van der Waals surface area contributed by atoms with Crippen LogP contribution in [-0.4, -0.2) is 52.8 Å². The number of nitrogens with one attached hydrogen (secondary N) is 1. The van der Waals surface area contributed by atoms with Crippen LogP contribution in [0.25, 0.3) is 22.1 Å². The van der Waals surface area contributed by atoms with Crippen LogP contribution in [0, 0.1) is 6.92 Å². The van der Waals surface area contributed by atoms with Gasteiger partial charge in [0.2, 0.25) is 0 Å². The van der Waals surface area contributed by atoms with Gasteiger partial charge in [-0.1, -0.05) is 12.1 Å². The minimum atomic E-state index is -0.0903. The molecule has 182 valence electrons. The number of thiazole rings is 1. The Morgan fingerprint density at radius 3 is 2.69 bits per heavy atom. The van der Waals surface area contributed by atoms with Gasteiger partial charge >= 0.3 is 0 Å². The van der Waals surface area contributed by atoms with Crippen LogP contribution < -0.4 is 10.1 Å². The third kappa shape index (κ3) is 5.93. The Bertz CT molecular complexity index is 1250. The maximum absolute atomic E-state index is 13.0. The zero-order valence-corrected chi connectivity index (χ0v) is 21.0. The standard InChI is InChI=1S/C26H29N5O3S/c1-18-21(25(32)29-10-4-14-33-2)15-24(23-17-35-26(30-23)22-16-27-11-12-28-22)31(18)13-9-19-5-7-20(34-3)8-6-19/h5-8,11-12,15-17H,4,9-10,13-14H2,1-3H3,(H,29,32). The first-order valence-electron chi connectivity index (χ1n) is 11.4. The maximum Gasteiger partial charge on any atom is 0.253 e. The number of carbonyl (C=O) groups is 1. The minimum Gasteiger partial charge on any atom is -0.497 e. The van der Waals surface area contributed by atoms with Crippen molar-refractivity contribution >= 4 is 17.2 Å². The van der Waals surface area contributed by atoms with E-state index in [0.717, 1.165) is 46.4 Å². The molecule has 1 aromatic carbocycles. The smallest absolute Gasteiger partial charge is 0.253 e. The van der Waals surface area contributed by atoms with Gasteiger partial charge in [0.1, 0.15) is 16.5 Å². The average Bonchev–Trinajstić information content (AvgIpc) is 3.51. The van der Waals surface area contributed by atoms with Gasteiger partial charge < -0.3 is 19.4 Å². The lowest BCUT2D eigenvalue weighted by molar-refractivity contribution is 0.0948. The Kier molecular flexibility index (Phi) is 8.23. The van der Waals surface area contributed by atoms with Gasteiger partial charge in [0, 0.05) is 50.3 Å². The molecule has 9 heteroatoms. The van der Waals surface area contributed by atoms with E-state index < -0.39 is 0 Å². The number of benzene rings is 1. The monoisotopic (exact) mass is 491 g/mol. The summed E-state index contributed by atoms with van der Waals surface area (Å²) >= 11 is 1.51. The van der Waals surface area contributed by atoms with Gasteiger partial charge in [-0.15, -0.1) is 11.3 Å². The first-order chi connectivity index (χ1) is 17.1. The summed E-state index contributed by atoms with van der Waals surface area (Å²) in [6, 6.07) is 9.99. The molecule has 0 aliphatic carbocycles. The highest BCUT2D eigenvalue weighted by Crippen LogP contribution is 2.31. The molecule has 4 rings (SSSR count). The van der Waals surface area contributed by atoms with Crippen LogP contribution >= 0.6 is 11.3 Å². The summed E-state index contributed by atoms with van der Waals surface area (Å²) in [6.45, 7) is 3.86. The van der Waals surface area contributed by atoms with E-state index in [0.29, 0.717) is 25.3 Å². The molecule has 0 bridgehead atoms. The minimum absolute atomic E-state index is 0.0903. The van der Waals surface area contributed by atoms with Gasteiger partial charge in [0.05, 0.1) is 30.3 Å². The van der Waals surface area contributed by atoms with E-state index >= 15 is 0 Å². The van der Waals surface area contributed by atoms with Crippen LogP contribution in [0.15, 0.2) is 54.3 Å². The number of nitrogens with zero attached hydrogens (tertiary/aromatic N) is 4. The highest BCUT2D eigenvalue weighted by Gasteiger charge is 2.20. The number of methoxy groups -OCH3 is 2. The molecule has 3 heterocycles. The molecular formula is C26H29N5O3S. The topological polar surface area (TPSA) is 91.2 Å². The molecule has 0 aliphatic heterocycles. The largest absolute Gasteiger partial charge is 0.497 e. The fourth-order valence-electron chi connectivity index (χ4n) is 3.84. The van der Waals surface area contributed by atoms with Crippen LogP contribution in [0.4, 0.5) is 0 Å². The molecule has 35 heavy (non-hydrogen) atoms. The molecule has 0 unspecified atom stereocenters. The Morgan fingerprint density at radius 1 is 1.14 bits per heavy atom. The Balaban J connectivity index is 1.62. The average molecular weight is 492 g/mol. The lowest BCUT2D eigenvalue weighted by Crippen LogP contribution is -2.25. The van der Waals surface area contributed by atoms with E-state index in [-0.39, 0.29) is 5.91 Å². The van der Waals surface area contributed by atoms with Gasteiger partial charge in [-0.2, -0.15) is 0 Å². The molecule has 4 aromatic rings. The molecule has 1 N–H and O–H groups in total. The van der Waals surface area contributed by atoms with Crippen molar-refractivity contribution in [3.63, 3.8) is 0 Å². The normalized spacial score (nSPS) is 10.9. The second-order valence-electron chi connectivity index (χ2n) is 8.01. The van der Waals surface area contributed by atoms with E-state index in [4.69, 9.17) is 14.5 Å². The molecule has 0 saturated heterocycles. The lowest BCUT2D eigenvalue weighted by atomic mass is 10.1. The summed E-state index contributed by atoms with van der Waals surface area (Å²) < 4.78 is 12.5. The van der Waals surface area contributed by atoms with Crippen molar-refractivity contribution in [2.75, 3.05) is 27.4 Å². The molecule has 3 aromatic heterocycles. The predicted molar refractivity (Wildman–Crippen MR) is 137 cm³/mol. The van der Waals surface area contributed by atoms with Crippen LogP contribution in [-0.2, 0) is 17.7 Å². The van der Waals surface area contributed by atoms with Crippen molar-refractivity contribution in [1.82, 2.24) is 24.8 Å². The quantitative estimate of drug-likeness (QED) is 0.313. The fourth-order valence-corrected chi connectivity index (χ4v) is 4.61. The second kappa shape index (κ2) is 11.7. The van der Waals surface area contributed by atoms with Gasteiger partial charge in [-0.05, 0) is 43.5 Å². The molecule has 0 atom stereocenters. The van der Waals surface area contributed by atoms with E-state index in [1.54, 1.807) is 32.8 Å². The van der Waals surface area contributed by atoms with Crippen LogP contribution in [0.5, 0.6) is 5.75 Å². The van der Waals surface area contributed by atoms with Gasteiger partial charge in [-0.25, -0.2) is 4.98 Å². The van der Waals surface area contributed by atoms with Crippen molar-refractivity contribution in [2.45, 2.75) is 26.3 Å². The number of hydrogen-bond acceptors (Lipinski definition) is 7. The van der Waals surface area contributed by atoms with Gasteiger partial charge in [0.25, 0.3) is 5.91 Å². The van der Waals surface area contributed by atoms with Crippen LogP contribution in [0.3, 0.4) is 0 Å². The molecule has 1 amide bonds. The summed E-state index contributed by atoms with van der Waals surface area (Å²) in [7, 11) is 3.32. The number of amides is 1. The fraction of sp³-hybridized carbons (Fsp3) is 0.308. The number of aryl methyl sites for hydroxylation is 1. The summed E-state index contributed by atoms with van der Waals surface area (Å²) in [5, 5.41) is 5.80. The van der Waals surface area contributed by atoms with E-state index in [9.17, 15) is 4.79 Å². The van der Waals surface area contributed by atoms with E-state index in [1.807, 2.05) is 30.5 Å². The van der Waals surface area contributed by atoms with Crippen molar-refractivity contribution in [3.8, 4) is 27.8 Å². The number of hydrogen-bond donors (Lipinski definition) is 1. The molecular weight excluding hydrogens is 462 g/mol. The molecule has 0 aliphatic rings. The first kappa shape index (κ1) is 24.6. The molecule has 0 fully saturated rings. The third-order valence-electron chi connectivity index (χ3n) is 5.75. The zero-order chi connectivity index (χ0) is 24.6. The number of aromatic nitrogens is 4. The summed E-state index contributed by atoms with van der Waals surface area (Å²) in [4.78, 5) is 26.3. The van der Waals surface area contributed by atoms with Gasteiger partial charge in [0.15, 0.2) is 0 Å². The third-order valence-corrected chi connectivity index (χ3v) is 6.62. The number of ether oxygens (including phenoxy) is 2. The predicted octanol–water partition coefficient (Wildman–Crippen LogP) is 4.39. The Morgan fingerprint density at radius 2 is 1.97 bits per heavy atom. The van der Waals surface area contributed by atoms with Crippen molar-refractivity contribution in [2.24, 2.45) is 0 Å². The number of rotatable bonds is 11. The molecule has 0 saturated carbocycles. The summed E-state index contributed by atoms with van der Waals surface area (Å²) in [5.41, 5.74) is 5.20. The summed E-state index contributed by atoms with van der Waals surface area (Å²) in [6.07, 6.45) is 6.57. The molecule has 8 nitrogen and oxygen atoms in total. The highest BCUT2D eigenvalue weighted by molar-refractivity contribution is 7.13. The number of carbonyl (C=O) groups excluding carboxylic acids is 1. The molecule has 0 spiro atoms. The van der Waals surface area contributed by atoms with E-state index in [1.165, 1.54) is 16.9 Å². The highest BCUT2D eigenvalue weighted by atomic mass is 32.1. The maximum atomic E-state index is 13.0.